The van der Waals surface area contributed by atoms with E-state index >= 15 is 0 Å². The Morgan fingerprint density at radius 3 is 2.41 bits per heavy atom. The zero-order valence-corrected chi connectivity index (χ0v) is 14.6. The molecular weight excluding hydrogens is 370 g/mol. The molecule has 0 saturated carbocycles. The zero-order chi connectivity index (χ0) is 16.0. The van der Waals surface area contributed by atoms with Gasteiger partial charge in [0.2, 0.25) is 15.9 Å². The van der Waals surface area contributed by atoms with Gasteiger partial charge in [0.05, 0.1) is 4.90 Å². The van der Waals surface area contributed by atoms with Gasteiger partial charge in [-0.3, -0.25) is 10.2 Å². The van der Waals surface area contributed by atoms with Gasteiger partial charge in [-0.1, -0.05) is 22.4 Å². The standard InChI is InChI=1S/C14H20BrN3O3S/c15-12-4-6-13(7-5-12)22(20,21)16-9-8-14(19)17-18-10-2-1-3-11-18/h4-7,16H,1-3,8-11H2,(H,17,19). The Hall–Kier alpha value is -0.960. The number of nitrogens with one attached hydrogen (secondary N) is 2. The predicted molar refractivity (Wildman–Crippen MR) is 87.5 cm³/mol. The number of rotatable bonds is 6. The largest absolute Gasteiger partial charge is 0.289 e. The van der Waals surface area contributed by atoms with Gasteiger partial charge >= 0.3 is 0 Å². The fourth-order valence-electron chi connectivity index (χ4n) is 2.23. The lowest BCUT2D eigenvalue weighted by Crippen LogP contribution is -2.45. The first-order chi connectivity index (χ1) is 10.5. The average Bonchev–Trinajstić information content (AvgIpc) is 2.48. The summed E-state index contributed by atoms with van der Waals surface area (Å²) in [5.74, 6) is -0.166. The number of hydrogen-bond acceptors (Lipinski definition) is 4. The third kappa shape index (κ3) is 5.35. The highest BCUT2D eigenvalue weighted by Crippen LogP contribution is 2.14. The summed E-state index contributed by atoms with van der Waals surface area (Å²) in [5, 5.41) is 1.90. The fraction of sp³-hybridized carbons (Fsp3) is 0.500. The van der Waals surface area contributed by atoms with E-state index in [0.29, 0.717) is 0 Å². The normalized spacial score (nSPS) is 16.4. The van der Waals surface area contributed by atoms with Crippen LogP contribution in [0.3, 0.4) is 0 Å². The third-order valence-electron chi connectivity index (χ3n) is 3.41. The molecule has 1 aromatic rings. The molecule has 0 radical (unpaired) electrons. The van der Waals surface area contributed by atoms with Gasteiger partial charge in [-0.25, -0.2) is 18.1 Å². The second-order valence-corrected chi connectivity index (χ2v) is 7.87. The summed E-state index contributed by atoms with van der Waals surface area (Å²) in [7, 11) is -3.57. The van der Waals surface area contributed by atoms with Crippen molar-refractivity contribution in [1.29, 1.82) is 0 Å². The minimum atomic E-state index is -3.57. The van der Waals surface area contributed by atoms with Gasteiger partial charge in [0.15, 0.2) is 0 Å². The summed E-state index contributed by atoms with van der Waals surface area (Å²) in [6, 6.07) is 6.36. The molecular formula is C14H20BrN3O3S. The number of sulfonamides is 1. The van der Waals surface area contributed by atoms with Crippen molar-refractivity contribution in [2.75, 3.05) is 19.6 Å². The van der Waals surface area contributed by atoms with Crippen LogP contribution in [0.2, 0.25) is 0 Å². The van der Waals surface area contributed by atoms with Gasteiger partial charge in [0.25, 0.3) is 0 Å². The molecule has 0 bridgehead atoms. The number of carbonyl (C=O) groups is 1. The Morgan fingerprint density at radius 2 is 1.77 bits per heavy atom. The second kappa shape index (κ2) is 8.05. The predicted octanol–water partition coefficient (Wildman–Crippen LogP) is 1.63. The summed E-state index contributed by atoms with van der Waals surface area (Å²) in [6.07, 6.45) is 3.47. The summed E-state index contributed by atoms with van der Waals surface area (Å²) >= 11 is 3.26. The van der Waals surface area contributed by atoms with E-state index in [2.05, 4.69) is 26.1 Å². The zero-order valence-electron chi connectivity index (χ0n) is 12.2. The molecule has 1 aromatic carbocycles. The topological polar surface area (TPSA) is 78.5 Å². The molecule has 1 heterocycles. The van der Waals surface area contributed by atoms with Crippen LogP contribution in [-0.4, -0.2) is 39.0 Å². The number of halogens is 1. The van der Waals surface area contributed by atoms with Crippen LogP contribution in [0.5, 0.6) is 0 Å². The molecule has 0 atom stereocenters. The van der Waals surface area contributed by atoms with Crippen molar-refractivity contribution in [1.82, 2.24) is 15.2 Å². The molecule has 1 aliphatic rings. The summed E-state index contributed by atoms with van der Waals surface area (Å²) < 4.78 is 27.3. The molecule has 0 aromatic heterocycles. The lowest BCUT2D eigenvalue weighted by Gasteiger charge is -2.26. The summed E-state index contributed by atoms with van der Waals surface area (Å²) in [5.41, 5.74) is 2.81. The van der Waals surface area contributed by atoms with Crippen molar-refractivity contribution in [3.05, 3.63) is 28.7 Å². The number of amides is 1. The molecule has 8 heteroatoms. The Bertz CT molecular complexity index is 598. The van der Waals surface area contributed by atoms with Crippen LogP contribution in [0.15, 0.2) is 33.6 Å². The van der Waals surface area contributed by atoms with Crippen LogP contribution in [0.4, 0.5) is 0 Å². The first-order valence-corrected chi connectivity index (χ1v) is 9.55. The molecule has 2 rings (SSSR count). The summed E-state index contributed by atoms with van der Waals surface area (Å²) in [6.45, 7) is 1.80. The van der Waals surface area contributed by atoms with Crippen molar-refractivity contribution in [3.8, 4) is 0 Å². The fourth-order valence-corrected chi connectivity index (χ4v) is 3.53. The molecule has 122 valence electrons. The maximum Gasteiger partial charge on any atom is 0.240 e. The van der Waals surface area contributed by atoms with Crippen LogP contribution in [0, 0.1) is 0 Å². The Morgan fingerprint density at radius 1 is 1.14 bits per heavy atom. The van der Waals surface area contributed by atoms with Gasteiger partial charge < -0.3 is 0 Å². The molecule has 6 nitrogen and oxygen atoms in total. The van der Waals surface area contributed by atoms with Gasteiger partial charge in [0.1, 0.15) is 0 Å². The smallest absolute Gasteiger partial charge is 0.240 e. The lowest BCUT2D eigenvalue weighted by molar-refractivity contribution is -0.126. The first-order valence-electron chi connectivity index (χ1n) is 7.27. The number of piperidine rings is 1. The number of hydrogen-bond donors (Lipinski definition) is 2. The first kappa shape index (κ1) is 17.4. The van der Waals surface area contributed by atoms with E-state index in [0.717, 1.165) is 30.4 Å². The minimum Gasteiger partial charge on any atom is -0.289 e. The number of carbonyl (C=O) groups excluding carboxylic acids is 1. The molecule has 22 heavy (non-hydrogen) atoms. The molecule has 2 N–H and O–H groups in total. The molecule has 1 aliphatic heterocycles. The van der Waals surface area contributed by atoms with E-state index in [-0.39, 0.29) is 23.8 Å². The summed E-state index contributed by atoms with van der Waals surface area (Å²) in [4.78, 5) is 12.0. The van der Waals surface area contributed by atoms with Crippen molar-refractivity contribution >= 4 is 31.9 Å². The van der Waals surface area contributed by atoms with E-state index in [1.807, 2.05) is 5.01 Å². The van der Waals surface area contributed by atoms with E-state index in [9.17, 15) is 13.2 Å². The Labute approximate surface area is 139 Å². The van der Waals surface area contributed by atoms with Gasteiger partial charge in [-0.2, -0.15) is 0 Å². The maximum absolute atomic E-state index is 12.0. The van der Waals surface area contributed by atoms with E-state index in [4.69, 9.17) is 0 Å². The molecule has 0 unspecified atom stereocenters. The maximum atomic E-state index is 12.0. The molecule has 1 saturated heterocycles. The van der Waals surface area contributed by atoms with Crippen LogP contribution in [-0.2, 0) is 14.8 Å². The van der Waals surface area contributed by atoms with Gasteiger partial charge in [-0.15, -0.1) is 0 Å². The second-order valence-electron chi connectivity index (χ2n) is 5.18. The molecule has 1 amide bonds. The van der Waals surface area contributed by atoms with Crippen LogP contribution in [0.25, 0.3) is 0 Å². The minimum absolute atomic E-state index is 0.0814. The van der Waals surface area contributed by atoms with Crippen LogP contribution >= 0.6 is 15.9 Å². The van der Waals surface area contributed by atoms with E-state index in [1.165, 1.54) is 18.6 Å². The van der Waals surface area contributed by atoms with Crippen molar-refractivity contribution in [3.63, 3.8) is 0 Å². The average molecular weight is 390 g/mol. The Kier molecular flexibility index (Phi) is 6.37. The third-order valence-corrected chi connectivity index (χ3v) is 5.41. The molecule has 0 spiro atoms. The monoisotopic (exact) mass is 389 g/mol. The van der Waals surface area contributed by atoms with Gasteiger partial charge in [-0.05, 0) is 37.1 Å². The van der Waals surface area contributed by atoms with Crippen molar-refractivity contribution < 1.29 is 13.2 Å². The van der Waals surface area contributed by atoms with Crippen molar-refractivity contribution in [2.45, 2.75) is 30.6 Å². The van der Waals surface area contributed by atoms with Crippen LogP contribution in [0.1, 0.15) is 25.7 Å². The van der Waals surface area contributed by atoms with E-state index in [1.54, 1.807) is 12.1 Å². The highest BCUT2D eigenvalue weighted by molar-refractivity contribution is 9.10. The van der Waals surface area contributed by atoms with Gasteiger partial charge in [0, 0.05) is 30.5 Å². The van der Waals surface area contributed by atoms with Crippen LogP contribution < -0.4 is 10.1 Å². The highest BCUT2D eigenvalue weighted by Gasteiger charge is 2.15. The highest BCUT2D eigenvalue weighted by atomic mass is 79.9. The lowest BCUT2D eigenvalue weighted by atomic mass is 10.2. The number of hydrazine groups is 1. The molecule has 0 aliphatic carbocycles. The SMILES string of the molecule is O=C(CCNS(=O)(=O)c1ccc(Br)cc1)NN1CCCCC1. The number of nitrogens with zero attached hydrogens (tertiary/aromatic N) is 1. The van der Waals surface area contributed by atoms with E-state index < -0.39 is 10.0 Å². The molecule has 1 fully saturated rings. The van der Waals surface area contributed by atoms with Crippen molar-refractivity contribution in [2.24, 2.45) is 0 Å². The Balaban J connectivity index is 1.77. The number of benzene rings is 1. The quantitative estimate of drug-likeness (QED) is 0.774.